The van der Waals surface area contributed by atoms with E-state index in [1.165, 1.54) is 6.92 Å². The highest BCUT2D eigenvalue weighted by Crippen LogP contribution is 2.35. The van der Waals surface area contributed by atoms with Gasteiger partial charge in [-0.3, -0.25) is 0 Å². The van der Waals surface area contributed by atoms with E-state index in [0.717, 1.165) is 5.56 Å². The van der Waals surface area contributed by atoms with Gasteiger partial charge >= 0.3 is 5.97 Å². The zero-order chi connectivity index (χ0) is 11.7. The summed E-state index contributed by atoms with van der Waals surface area (Å²) in [6, 6.07) is 5.11. The predicted octanol–water partition coefficient (Wildman–Crippen LogP) is 2.92. The van der Waals surface area contributed by atoms with Gasteiger partial charge in [-0.25, -0.2) is 4.79 Å². The Morgan fingerprint density at radius 2 is 2.25 bits per heavy atom. The van der Waals surface area contributed by atoms with Crippen LogP contribution in [0.2, 0.25) is 5.02 Å². The van der Waals surface area contributed by atoms with Gasteiger partial charge in [0.1, 0.15) is 11.9 Å². The molecule has 0 saturated heterocycles. The predicted molar refractivity (Wildman–Crippen MR) is 59.5 cm³/mol. The molecule has 1 heterocycles. The third-order valence-electron chi connectivity index (χ3n) is 2.59. The van der Waals surface area contributed by atoms with Crippen molar-refractivity contribution < 1.29 is 14.3 Å². The highest BCUT2D eigenvalue weighted by Gasteiger charge is 2.30. The Bertz CT molecular complexity index is 454. The molecule has 4 heteroatoms. The number of rotatable bonds is 3. The minimum Gasteiger partial charge on any atom is -0.454 e. The van der Waals surface area contributed by atoms with Crippen molar-refractivity contribution >= 4 is 23.4 Å². The zero-order valence-electron chi connectivity index (χ0n) is 8.83. The summed E-state index contributed by atoms with van der Waals surface area (Å²) in [5.41, 5.74) is 1.34. The Kier molecular flexibility index (Phi) is 2.97. The first kappa shape index (κ1) is 11.1. The topological polar surface area (TPSA) is 43.4 Å². The summed E-state index contributed by atoms with van der Waals surface area (Å²) in [6.45, 7) is 1.53. The number of Topliss-reactive ketones (excluding diaryl/α,β-unsaturated/α-hetero) is 1. The monoisotopic (exact) mass is 238 g/mol. The Balaban J connectivity index is 2.22. The number of cyclic esters (lactones) is 1. The second kappa shape index (κ2) is 4.26. The lowest BCUT2D eigenvalue weighted by molar-refractivity contribution is -0.117. The molecule has 2 rings (SSSR count). The molecule has 1 aromatic rings. The van der Waals surface area contributed by atoms with E-state index in [2.05, 4.69) is 0 Å². The van der Waals surface area contributed by atoms with Gasteiger partial charge in [0.25, 0.3) is 0 Å². The lowest BCUT2D eigenvalue weighted by Crippen LogP contribution is -2.01. The second-order valence-electron chi connectivity index (χ2n) is 3.87. The Morgan fingerprint density at radius 3 is 2.94 bits per heavy atom. The molecule has 16 heavy (non-hydrogen) atoms. The SMILES string of the molecule is CC(=O)CCC1OC(=O)c2cc(Cl)ccc21. The van der Waals surface area contributed by atoms with Gasteiger partial charge in [0.15, 0.2) is 0 Å². The standard InChI is InChI=1S/C12H11ClO3/c1-7(14)2-5-11-9-4-3-8(13)6-10(9)12(15)16-11/h3-4,6,11H,2,5H2,1H3. The fourth-order valence-corrected chi connectivity index (χ4v) is 1.96. The summed E-state index contributed by atoms with van der Waals surface area (Å²) in [7, 11) is 0. The molecule has 0 saturated carbocycles. The second-order valence-corrected chi connectivity index (χ2v) is 4.30. The van der Waals surface area contributed by atoms with Crippen molar-refractivity contribution in [1.82, 2.24) is 0 Å². The Labute approximate surface area is 98.4 Å². The Hall–Kier alpha value is -1.35. The summed E-state index contributed by atoms with van der Waals surface area (Å²) < 4.78 is 5.19. The van der Waals surface area contributed by atoms with Crippen LogP contribution < -0.4 is 0 Å². The minimum atomic E-state index is -0.356. The van der Waals surface area contributed by atoms with Gasteiger partial charge in [0.2, 0.25) is 0 Å². The average Bonchev–Trinajstić information content (AvgIpc) is 2.53. The maximum Gasteiger partial charge on any atom is 0.339 e. The molecule has 1 atom stereocenters. The molecule has 0 bridgehead atoms. The van der Waals surface area contributed by atoms with E-state index in [-0.39, 0.29) is 17.9 Å². The molecular weight excluding hydrogens is 228 g/mol. The smallest absolute Gasteiger partial charge is 0.339 e. The number of carbonyl (C=O) groups excluding carboxylic acids is 2. The zero-order valence-corrected chi connectivity index (χ0v) is 9.58. The van der Waals surface area contributed by atoms with Gasteiger partial charge in [-0.2, -0.15) is 0 Å². The van der Waals surface area contributed by atoms with Crippen LogP contribution in [0.5, 0.6) is 0 Å². The number of benzene rings is 1. The first-order valence-corrected chi connectivity index (χ1v) is 5.45. The van der Waals surface area contributed by atoms with Gasteiger partial charge in [-0.15, -0.1) is 0 Å². The Morgan fingerprint density at radius 1 is 1.50 bits per heavy atom. The van der Waals surface area contributed by atoms with E-state index in [1.54, 1.807) is 18.2 Å². The summed E-state index contributed by atoms with van der Waals surface area (Å²) in [6.07, 6.45) is 0.652. The molecule has 1 unspecified atom stereocenters. The molecule has 0 amide bonds. The van der Waals surface area contributed by atoms with Crippen molar-refractivity contribution in [2.75, 3.05) is 0 Å². The molecule has 0 aliphatic carbocycles. The van der Waals surface area contributed by atoms with Gasteiger partial charge in [-0.1, -0.05) is 17.7 Å². The van der Waals surface area contributed by atoms with E-state index in [9.17, 15) is 9.59 Å². The van der Waals surface area contributed by atoms with Crippen molar-refractivity contribution in [3.8, 4) is 0 Å². The lowest BCUT2D eigenvalue weighted by atomic mass is 10.0. The summed E-state index contributed by atoms with van der Waals surface area (Å²) in [5, 5.41) is 0.517. The van der Waals surface area contributed by atoms with Crippen molar-refractivity contribution in [3.63, 3.8) is 0 Å². The maximum absolute atomic E-state index is 11.5. The fourth-order valence-electron chi connectivity index (χ4n) is 1.79. The lowest BCUT2D eigenvalue weighted by Gasteiger charge is -2.08. The van der Waals surface area contributed by atoms with Crippen LogP contribution in [0.15, 0.2) is 18.2 Å². The van der Waals surface area contributed by atoms with E-state index >= 15 is 0 Å². The van der Waals surface area contributed by atoms with Crippen LogP contribution in [0.25, 0.3) is 0 Å². The van der Waals surface area contributed by atoms with Crippen LogP contribution >= 0.6 is 11.6 Å². The van der Waals surface area contributed by atoms with Crippen LogP contribution in [-0.2, 0) is 9.53 Å². The van der Waals surface area contributed by atoms with Crippen LogP contribution in [0, 0.1) is 0 Å². The molecule has 1 aromatic carbocycles. The summed E-state index contributed by atoms with van der Waals surface area (Å²) in [5.74, 6) is -0.260. The molecular formula is C12H11ClO3. The first-order chi connectivity index (χ1) is 7.58. The fraction of sp³-hybridized carbons (Fsp3) is 0.333. The van der Waals surface area contributed by atoms with E-state index < -0.39 is 0 Å². The van der Waals surface area contributed by atoms with Gasteiger partial charge < -0.3 is 9.53 Å². The van der Waals surface area contributed by atoms with Gasteiger partial charge in [0.05, 0.1) is 5.56 Å². The number of hydrogen-bond donors (Lipinski definition) is 0. The van der Waals surface area contributed by atoms with Crippen LogP contribution in [0.3, 0.4) is 0 Å². The maximum atomic E-state index is 11.5. The molecule has 84 valence electrons. The number of ketones is 1. The van der Waals surface area contributed by atoms with Crippen LogP contribution in [-0.4, -0.2) is 11.8 Å². The van der Waals surface area contributed by atoms with Gasteiger partial charge in [-0.05, 0) is 25.5 Å². The molecule has 0 aromatic heterocycles. The quantitative estimate of drug-likeness (QED) is 0.761. The highest BCUT2D eigenvalue weighted by atomic mass is 35.5. The molecule has 1 aliphatic rings. The number of fused-ring (bicyclic) bond motifs is 1. The number of carbonyl (C=O) groups is 2. The third kappa shape index (κ3) is 2.09. The highest BCUT2D eigenvalue weighted by molar-refractivity contribution is 6.31. The van der Waals surface area contributed by atoms with Crippen molar-refractivity contribution in [2.24, 2.45) is 0 Å². The van der Waals surface area contributed by atoms with Crippen LogP contribution in [0.4, 0.5) is 0 Å². The first-order valence-electron chi connectivity index (χ1n) is 5.08. The molecule has 3 nitrogen and oxygen atoms in total. The molecule has 0 N–H and O–H groups in total. The molecule has 1 aliphatic heterocycles. The number of ether oxygens (including phenoxy) is 1. The van der Waals surface area contributed by atoms with Crippen molar-refractivity contribution in [1.29, 1.82) is 0 Å². The average molecular weight is 239 g/mol. The van der Waals surface area contributed by atoms with Gasteiger partial charge in [0, 0.05) is 17.0 Å². The van der Waals surface area contributed by atoms with E-state index in [4.69, 9.17) is 16.3 Å². The van der Waals surface area contributed by atoms with Crippen molar-refractivity contribution in [3.05, 3.63) is 34.3 Å². The molecule has 0 spiro atoms. The molecule has 0 fully saturated rings. The van der Waals surface area contributed by atoms with E-state index in [1.807, 2.05) is 0 Å². The van der Waals surface area contributed by atoms with Crippen LogP contribution in [0.1, 0.15) is 41.8 Å². The third-order valence-corrected chi connectivity index (χ3v) is 2.83. The largest absolute Gasteiger partial charge is 0.454 e. The number of hydrogen-bond acceptors (Lipinski definition) is 3. The van der Waals surface area contributed by atoms with Crippen molar-refractivity contribution in [2.45, 2.75) is 25.9 Å². The van der Waals surface area contributed by atoms with E-state index in [0.29, 0.717) is 23.4 Å². The number of halogens is 1. The number of esters is 1. The summed E-state index contributed by atoms with van der Waals surface area (Å²) in [4.78, 5) is 22.4. The summed E-state index contributed by atoms with van der Waals surface area (Å²) >= 11 is 5.80. The normalized spacial score (nSPS) is 18.1. The minimum absolute atomic E-state index is 0.0958. The molecule has 0 radical (unpaired) electrons.